The molecule has 0 saturated carbocycles. The van der Waals surface area contributed by atoms with E-state index in [9.17, 15) is 19.8 Å². The monoisotopic (exact) mass is 751 g/mol. The minimum atomic E-state index is -0.356. The van der Waals surface area contributed by atoms with Crippen molar-refractivity contribution in [2.75, 3.05) is 55.6 Å². The second-order valence-electron chi connectivity index (χ2n) is 15.9. The topological polar surface area (TPSA) is 114 Å². The largest absolute Gasteiger partial charge is 0.508 e. The van der Waals surface area contributed by atoms with Gasteiger partial charge in [-0.2, -0.15) is 0 Å². The fourth-order valence-electron chi connectivity index (χ4n) is 9.23. The average Bonchev–Trinajstić information content (AvgIpc) is 3.75. The van der Waals surface area contributed by atoms with Gasteiger partial charge in [-0.05, 0) is 135 Å². The van der Waals surface area contributed by atoms with Crippen LogP contribution in [0.5, 0.6) is 11.5 Å². The molecule has 3 fully saturated rings. The Morgan fingerprint density at radius 1 is 0.750 bits per heavy atom. The number of anilines is 2. The SMILES string of the molecule is Cc1c(-c2ccc(O)cc2)n(Cc2ccc(N3CCC(CCN4CCN(c5ccc6occ(C7CCC(=O)NC7=O)c6c5)CC4)CC3)cc2)c2ccc(O)cc12. The fraction of sp³-hybridized carbons (Fsp3) is 0.348. The van der Waals surface area contributed by atoms with Gasteiger partial charge in [-0.25, -0.2) is 0 Å². The summed E-state index contributed by atoms with van der Waals surface area (Å²) in [6, 6.07) is 28.2. The van der Waals surface area contributed by atoms with E-state index in [1.165, 1.54) is 30.5 Å². The summed E-state index contributed by atoms with van der Waals surface area (Å²) in [5.41, 5.74) is 9.59. The average molecular weight is 752 g/mol. The zero-order chi connectivity index (χ0) is 38.3. The van der Waals surface area contributed by atoms with E-state index in [0.717, 1.165) is 102 Å². The zero-order valence-electron chi connectivity index (χ0n) is 31.9. The molecule has 3 aliphatic rings. The molecule has 3 N–H and O–H groups in total. The highest BCUT2D eigenvalue weighted by molar-refractivity contribution is 6.03. The molecule has 3 aliphatic heterocycles. The molecule has 0 aliphatic carbocycles. The number of nitrogens with one attached hydrogen (secondary N) is 1. The summed E-state index contributed by atoms with van der Waals surface area (Å²) in [6.45, 7) is 10.1. The highest BCUT2D eigenvalue weighted by Crippen LogP contribution is 2.38. The molecule has 0 bridgehead atoms. The standard InChI is InChI=1S/C46H49N5O5/c1-30-39-27-37(53)11-13-42(39)51(45(30)33-4-9-36(52)10-5-33)28-32-2-6-34(7-3-32)49-20-17-31(18-21-49)16-19-48-22-24-50(25-23-48)35-8-14-43-40(26-35)41(29-56-43)38-12-15-44(54)47-46(38)55/h2-11,13-14,26-27,29,31,38,52-53H,12,15-25,28H2,1H3,(H,47,54,55). The predicted molar refractivity (Wildman–Crippen MR) is 221 cm³/mol. The number of rotatable bonds is 9. The molecule has 10 heteroatoms. The quantitative estimate of drug-likeness (QED) is 0.129. The van der Waals surface area contributed by atoms with E-state index in [1.54, 1.807) is 24.5 Å². The van der Waals surface area contributed by atoms with Gasteiger partial charge < -0.3 is 29.0 Å². The number of hydrogen-bond donors (Lipinski definition) is 3. The summed E-state index contributed by atoms with van der Waals surface area (Å²) in [5.74, 6) is 0.444. The van der Waals surface area contributed by atoms with Crippen molar-refractivity contribution in [3.05, 3.63) is 108 Å². The molecule has 4 aromatic carbocycles. The van der Waals surface area contributed by atoms with Crippen molar-refractivity contribution in [1.29, 1.82) is 0 Å². The van der Waals surface area contributed by atoms with E-state index in [4.69, 9.17) is 4.42 Å². The number of aromatic nitrogens is 1. The number of aromatic hydroxyl groups is 2. The molecular weight excluding hydrogens is 703 g/mol. The van der Waals surface area contributed by atoms with Gasteiger partial charge in [-0.15, -0.1) is 0 Å². The van der Waals surface area contributed by atoms with Crippen LogP contribution < -0.4 is 15.1 Å². The lowest BCUT2D eigenvalue weighted by atomic mass is 9.90. The molecule has 5 heterocycles. The first kappa shape index (κ1) is 35.9. The Morgan fingerprint density at radius 3 is 2.21 bits per heavy atom. The molecule has 56 heavy (non-hydrogen) atoms. The Kier molecular flexibility index (Phi) is 9.67. The fourth-order valence-corrected chi connectivity index (χ4v) is 9.23. The number of phenols is 2. The maximum absolute atomic E-state index is 12.6. The van der Waals surface area contributed by atoms with E-state index >= 15 is 0 Å². The second kappa shape index (κ2) is 15.1. The number of piperazine rings is 1. The number of nitrogens with zero attached hydrogens (tertiary/aromatic N) is 4. The van der Waals surface area contributed by atoms with E-state index in [1.807, 2.05) is 30.3 Å². The van der Waals surface area contributed by atoms with Crippen LogP contribution in [-0.4, -0.2) is 77.3 Å². The summed E-state index contributed by atoms with van der Waals surface area (Å²) in [7, 11) is 0. The number of amides is 2. The zero-order valence-corrected chi connectivity index (χ0v) is 31.9. The number of furan rings is 1. The molecule has 0 spiro atoms. The number of aryl methyl sites for hydroxylation is 1. The molecule has 6 aromatic rings. The lowest BCUT2D eigenvalue weighted by molar-refractivity contribution is -0.134. The lowest BCUT2D eigenvalue weighted by Gasteiger charge is -2.38. The normalized spacial score (nSPS) is 18.6. The third kappa shape index (κ3) is 7.09. The molecule has 0 radical (unpaired) electrons. The van der Waals surface area contributed by atoms with Crippen LogP contribution in [0.15, 0.2) is 95.6 Å². The van der Waals surface area contributed by atoms with E-state index in [2.05, 4.69) is 67.9 Å². The van der Waals surface area contributed by atoms with Crippen LogP contribution in [-0.2, 0) is 16.1 Å². The molecule has 3 saturated heterocycles. The van der Waals surface area contributed by atoms with Crippen molar-refractivity contribution in [2.45, 2.75) is 51.5 Å². The van der Waals surface area contributed by atoms with Crippen molar-refractivity contribution in [1.82, 2.24) is 14.8 Å². The van der Waals surface area contributed by atoms with Gasteiger partial charge in [0.25, 0.3) is 0 Å². The molecule has 1 atom stereocenters. The van der Waals surface area contributed by atoms with Crippen molar-refractivity contribution in [2.24, 2.45) is 5.92 Å². The molecule has 9 rings (SSSR count). The smallest absolute Gasteiger partial charge is 0.234 e. The van der Waals surface area contributed by atoms with Crippen LogP contribution in [0.4, 0.5) is 11.4 Å². The van der Waals surface area contributed by atoms with E-state index in [-0.39, 0.29) is 29.2 Å². The number of phenolic OH excluding ortho intramolecular Hbond substituents is 2. The van der Waals surface area contributed by atoms with Gasteiger partial charge in [0.15, 0.2) is 0 Å². The van der Waals surface area contributed by atoms with Crippen LogP contribution in [0.25, 0.3) is 33.1 Å². The lowest BCUT2D eigenvalue weighted by Crippen LogP contribution is -2.47. The Labute approximate surface area is 326 Å². The van der Waals surface area contributed by atoms with Gasteiger partial charge in [0, 0.05) is 85.5 Å². The van der Waals surface area contributed by atoms with Crippen LogP contribution in [0.3, 0.4) is 0 Å². The summed E-state index contributed by atoms with van der Waals surface area (Å²) in [4.78, 5) is 31.8. The minimum Gasteiger partial charge on any atom is -0.508 e. The first-order valence-electron chi connectivity index (χ1n) is 20.0. The number of piperidine rings is 2. The first-order chi connectivity index (χ1) is 27.3. The van der Waals surface area contributed by atoms with Gasteiger partial charge in [0.05, 0.1) is 17.9 Å². The van der Waals surface area contributed by atoms with Gasteiger partial charge >= 0.3 is 0 Å². The van der Waals surface area contributed by atoms with Crippen molar-refractivity contribution in [3.63, 3.8) is 0 Å². The predicted octanol–water partition coefficient (Wildman–Crippen LogP) is 7.77. The highest BCUT2D eigenvalue weighted by atomic mass is 16.3. The summed E-state index contributed by atoms with van der Waals surface area (Å²) in [6.07, 6.45) is 6.20. The van der Waals surface area contributed by atoms with Crippen molar-refractivity contribution >= 4 is 45.1 Å². The first-order valence-corrected chi connectivity index (χ1v) is 20.0. The Hall–Kier alpha value is -5.74. The summed E-state index contributed by atoms with van der Waals surface area (Å²) in [5, 5.41) is 24.7. The number of carbonyl (C=O) groups is 2. The second-order valence-corrected chi connectivity index (χ2v) is 15.9. The number of imide groups is 1. The molecule has 10 nitrogen and oxygen atoms in total. The third-order valence-electron chi connectivity index (χ3n) is 12.5. The Bertz CT molecular complexity index is 2380. The van der Waals surface area contributed by atoms with Gasteiger partial charge in [-0.3, -0.25) is 19.8 Å². The van der Waals surface area contributed by atoms with Gasteiger partial charge in [0.1, 0.15) is 17.1 Å². The third-order valence-corrected chi connectivity index (χ3v) is 12.5. The van der Waals surface area contributed by atoms with Crippen LogP contribution in [0.1, 0.15) is 54.7 Å². The van der Waals surface area contributed by atoms with Gasteiger partial charge in [0.2, 0.25) is 11.8 Å². The number of fused-ring (bicyclic) bond motifs is 2. The maximum atomic E-state index is 12.6. The molecule has 2 aromatic heterocycles. The van der Waals surface area contributed by atoms with Crippen molar-refractivity contribution < 1.29 is 24.2 Å². The van der Waals surface area contributed by atoms with Crippen molar-refractivity contribution in [3.8, 4) is 22.8 Å². The maximum Gasteiger partial charge on any atom is 0.234 e. The van der Waals surface area contributed by atoms with Crippen LogP contribution in [0, 0.1) is 12.8 Å². The molecule has 1 unspecified atom stereocenters. The minimum absolute atomic E-state index is 0.203. The number of hydrogen-bond acceptors (Lipinski definition) is 8. The highest BCUT2D eigenvalue weighted by Gasteiger charge is 2.31. The van der Waals surface area contributed by atoms with E-state index in [0.29, 0.717) is 19.4 Å². The summed E-state index contributed by atoms with van der Waals surface area (Å²) >= 11 is 0. The molecule has 288 valence electrons. The molecular formula is C46H49N5O5. The molecule has 2 amide bonds. The number of benzene rings is 4. The summed E-state index contributed by atoms with van der Waals surface area (Å²) < 4.78 is 8.13. The van der Waals surface area contributed by atoms with Gasteiger partial charge in [-0.1, -0.05) is 12.1 Å². The Morgan fingerprint density at radius 2 is 1.46 bits per heavy atom. The van der Waals surface area contributed by atoms with Crippen LogP contribution in [0.2, 0.25) is 0 Å². The van der Waals surface area contributed by atoms with Crippen LogP contribution >= 0.6 is 0 Å². The number of carbonyl (C=O) groups excluding carboxylic acids is 2. The van der Waals surface area contributed by atoms with E-state index < -0.39 is 0 Å². The Balaban J connectivity index is 0.772.